The second kappa shape index (κ2) is 6.69. The number of carbonyl (C=O) groups excluding carboxylic acids is 2. The summed E-state index contributed by atoms with van der Waals surface area (Å²) < 4.78 is 5.34. The summed E-state index contributed by atoms with van der Waals surface area (Å²) in [5.74, 6) is 0.876. The number of hydrogen-bond donors (Lipinski definition) is 0. The van der Waals surface area contributed by atoms with E-state index in [-0.39, 0.29) is 11.8 Å². The molecule has 0 saturated carbocycles. The first-order valence-electron chi connectivity index (χ1n) is 7.86. The van der Waals surface area contributed by atoms with Gasteiger partial charge in [0.25, 0.3) is 11.8 Å². The van der Waals surface area contributed by atoms with Crippen LogP contribution in [0.2, 0.25) is 0 Å². The van der Waals surface area contributed by atoms with E-state index in [1.807, 2.05) is 51.1 Å². The van der Waals surface area contributed by atoms with E-state index >= 15 is 0 Å². The molecule has 0 N–H and O–H groups in total. The lowest BCUT2D eigenvalue weighted by Crippen LogP contribution is -2.31. The van der Waals surface area contributed by atoms with Crippen molar-refractivity contribution in [3.63, 3.8) is 0 Å². The van der Waals surface area contributed by atoms with Gasteiger partial charge in [0.15, 0.2) is 0 Å². The lowest BCUT2D eigenvalue weighted by atomic mass is 9.99. The van der Waals surface area contributed by atoms with Gasteiger partial charge in [0, 0.05) is 6.54 Å². The van der Waals surface area contributed by atoms with Crippen LogP contribution in [0.1, 0.15) is 29.4 Å². The Labute approximate surface area is 145 Å². The maximum Gasteiger partial charge on any atom is 0.267 e. The minimum absolute atomic E-state index is 0.212. The zero-order valence-corrected chi connectivity index (χ0v) is 14.8. The first-order chi connectivity index (χ1) is 11.5. The largest absolute Gasteiger partial charge is 0.468 e. The fourth-order valence-electron chi connectivity index (χ4n) is 2.84. The van der Waals surface area contributed by atoms with Crippen LogP contribution >= 0.6 is 11.8 Å². The molecule has 3 rings (SSSR count). The van der Waals surface area contributed by atoms with Gasteiger partial charge in [-0.05, 0) is 44.0 Å². The number of nitrogens with zero attached hydrogens (tertiary/aromatic N) is 1. The van der Waals surface area contributed by atoms with Gasteiger partial charge in [0.1, 0.15) is 5.76 Å². The van der Waals surface area contributed by atoms with Gasteiger partial charge in [-0.3, -0.25) is 14.5 Å². The molecule has 4 nitrogen and oxygen atoms in total. The van der Waals surface area contributed by atoms with E-state index in [9.17, 15) is 9.59 Å². The summed E-state index contributed by atoms with van der Waals surface area (Å²) in [4.78, 5) is 27.2. The van der Waals surface area contributed by atoms with Gasteiger partial charge >= 0.3 is 0 Å². The van der Waals surface area contributed by atoms with Crippen molar-refractivity contribution in [3.8, 4) is 0 Å². The lowest BCUT2D eigenvalue weighted by molar-refractivity contribution is -0.136. The Balaban J connectivity index is 2.03. The fraction of sp³-hybridized carbons (Fsp3) is 0.263. The smallest absolute Gasteiger partial charge is 0.267 e. The predicted octanol–water partition coefficient (Wildman–Crippen LogP) is 3.93. The van der Waals surface area contributed by atoms with Gasteiger partial charge in [-0.2, -0.15) is 0 Å². The molecule has 2 amide bonds. The molecule has 1 aliphatic rings. The maximum atomic E-state index is 12.8. The maximum absolute atomic E-state index is 12.8. The van der Waals surface area contributed by atoms with Crippen LogP contribution in [-0.2, 0) is 15.3 Å². The summed E-state index contributed by atoms with van der Waals surface area (Å²) in [6.07, 6.45) is 1.61. The van der Waals surface area contributed by atoms with Crippen molar-refractivity contribution < 1.29 is 14.0 Å². The van der Waals surface area contributed by atoms with E-state index in [4.69, 9.17) is 4.42 Å². The summed E-state index contributed by atoms with van der Waals surface area (Å²) in [5.41, 5.74) is 3.47. The number of thioether (sulfide) groups is 1. The first-order valence-corrected chi connectivity index (χ1v) is 8.84. The van der Waals surface area contributed by atoms with Crippen LogP contribution in [0.4, 0.5) is 0 Å². The van der Waals surface area contributed by atoms with Crippen molar-refractivity contribution in [2.75, 3.05) is 6.54 Å². The topological polar surface area (TPSA) is 50.5 Å². The van der Waals surface area contributed by atoms with Gasteiger partial charge in [0.05, 0.1) is 22.5 Å². The van der Waals surface area contributed by atoms with E-state index in [1.54, 1.807) is 6.26 Å². The highest BCUT2D eigenvalue weighted by Gasteiger charge is 2.38. The molecule has 124 valence electrons. The third-order valence-electron chi connectivity index (χ3n) is 4.03. The van der Waals surface area contributed by atoms with Gasteiger partial charge in [-0.15, -0.1) is 11.8 Å². The molecule has 0 bridgehead atoms. The van der Waals surface area contributed by atoms with Gasteiger partial charge in [0.2, 0.25) is 0 Å². The third-order valence-corrected chi connectivity index (χ3v) is 5.13. The highest BCUT2D eigenvalue weighted by Crippen LogP contribution is 2.38. The standard InChI is InChI=1S/C19H19NO3S/c1-4-20-18(21)16(15-8-7-12(2)10-13(15)3)17(19(20)22)24-11-14-6-5-9-23-14/h5-10H,4,11H2,1-3H3. The van der Waals surface area contributed by atoms with Gasteiger partial charge in [-0.1, -0.05) is 23.8 Å². The molecule has 0 fully saturated rings. The molecule has 1 aromatic heterocycles. The normalized spacial score (nSPS) is 14.9. The number of aryl methyl sites for hydroxylation is 2. The molecule has 0 atom stereocenters. The van der Waals surface area contributed by atoms with Gasteiger partial charge in [-0.25, -0.2) is 0 Å². The molecule has 0 aliphatic carbocycles. The Hall–Kier alpha value is -2.27. The Kier molecular flexibility index (Phi) is 4.62. The number of hydrogen-bond acceptors (Lipinski definition) is 4. The number of carbonyl (C=O) groups is 2. The highest BCUT2D eigenvalue weighted by atomic mass is 32.2. The summed E-state index contributed by atoms with van der Waals surface area (Å²) in [5, 5.41) is 0. The summed E-state index contributed by atoms with van der Waals surface area (Å²) in [6, 6.07) is 9.61. The number of imide groups is 1. The second-order valence-corrected chi connectivity index (χ2v) is 6.73. The second-order valence-electron chi connectivity index (χ2n) is 5.75. The Morgan fingerprint density at radius 2 is 1.92 bits per heavy atom. The summed E-state index contributed by atoms with van der Waals surface area (Å²) in [7, 11) is 0. The number of amides is 2. The van der Waals surface area contributed by atoms with Crippen molar-refractivity contribution in [3.05, 3.63) is 64.0 Å². The molecule has 1 aliphatic heterocycles. The molecule has 0 unspecified atom stereocenters. The zero-order valence-electron chi connectivity index (χ0n) is 14.0. The Morgan fingerprint density at radius 1 is 1.12 bits per heavy atom. The van der Waals surface area contributed by atoms with E-state index in [1.165, 1.54) is 16.7 Å². The Morgan fingerprint density at radius 3 is 2.54 bits per heavy atom. The van der Waals surface area contributed by atoms with Crippen molar-refractivity contribution in [2.24, 2.45) is 0 Å². The Bertz CT molecular complexity index is 821. The molecule has 2 heterocycles. The molecule has 24 heavy (non-hydrogen) atoms. The average Bonchev–Trinajstić information content (AvgIpc) is 3.13. The van der Waals surface area contributed by atoms with E-state index in [0.717, 1.165) is 22.5 Å². The number of rotatable bonds is 5. The van der Waals surface area contributed by atoms with Crippen LogP contribution in [0.25, 0.3) is 5.57 Å². The van der Waals surface area contributed by atoms with Crippen LogP contribution in [0, 0.1) is 13.8 Å². The van der Waals surface area contributed by atoms with Crippen molar-refractivity contribution in [1.29, 1.82) is 0 Å². The molecular weight excluding hydrogens is 322 g/mol. The van der Waals surface area contributed by atoms with Crippen molar-refractivity contribution in [1.82, 2.24) is 4.90 Å². The number of furan rings is 1. The minimum Gasteiger partial charge on any atom is -0.468 e. The van der Waals surface area contributed by atoms with Crippen LogP contribution in [0.15, 0.2) is 45.9 Å². The predicted molar refractivity (Wildman–Crippen MR) is 95.2 cm³/mol. The van der Waals surface area contributed by atoms with Crippen LogP contribution in [0.5, 0.6) is 0 Å². The minimum atomic E-state index is -0.214. The fourth-order valence-corrected chi connectivity index (χ4v) is 3.87. The van der Waals surface area contributed by atoms with Crippen LogP contribution < -0.4 is 0 Å². The van der Waals surface area contributed by atoms with Crippen molar-refractivity contribution in [2.45, 2.75) is 26.5 Å². The summed E-state index contributed by atoms with van der Waals surface area (Å²) in [6.45, 7) is 6.17. The molecule has 0 spiro atoms. The van der Waals surface area contributed by atoms with Crippen LogP contribution in [0.3, 0.4) is 0 Å². The first kappa shape index (κ1) is 16.6. The molecule has 5 heteroatoms. The zero-order chi connectivity index (χ0) is 17.3. The van der Waals surface area contributed by atoms with Crippen molar-refractivity contribution >= 4 is 29.1 Å². The average molecular weight is 341 g/mol. The number of benzene rings is 1. The van der Waals surface area contributed by atoms with E-state index in [0.29, 0.717) is 22.8 Å². The molecule has 1 aromatic carbocycles. The van der Waals surface area contributed by atoms with E-state index < -0.39 is 0 Å². The molecular formula is C19H19NO3S. The molecule has 0 saturated heterocycles. The molecule has 2 aromatic rings. The van der Waals surface area contributed by atoms with Crippen LogP contribution in [-0.4, -0.2) is 23.3 Å². The molecule has 0 radical (unpaired) electrons. The monoisotopic (exact) mass is 341 g/mol. The number of likely N-dealkylation sites (N-methyl/N-ethyl adjacent to an activating group) is 1. The van der Waals surface area contributed by atoms with E-state index in [2.05, 4.69) is 0 Å². The third kappa shape index (κ3) is 2.91. The SMILES string of the molecule is CCN1C(=O)C(SCc2ccco2)=C(c2ccc(C)cc2C)C1=O. The highest BCUT2D eigenvalue weighted by molar-refractivity contribution is 8.03. The van der Waals surface area contributed by atoms with Gasteiger partial charge < -0.3 is 4.42 Å². The lowest BCUT2D eigenvalue weighted by Gasteiger charge is -2.12. The summed E-state index contributed by atoms with van der Waals surface area (Å²) >= 11 is 1.36. The quantitative estimate of drug-likeness (QED) is 0.773.